The van der Waals surface area contributed by atoms with Gasteiger partial charge in [0, 0.05) is 62.8 Å². The summed E-state index contributed by atoms with van der Waals surface area (Å²) >= 11 is 0. The number of ether oxygens (including phenoxy) is 3. The van der Waals surface area contributed by atoms with Crippen molar-refractivity contribution < 1.29 is 45.1 Å². The molecule has 2 atom stereocenters. The number of aromatic nitrogens is 1. The maximum absolute atomic E-state index is 14.1. The van der Waals surface area contributed by atoms with E-state index in [1.807, 2.05) is 116 Å². The second kappa shape index (κ2) is 29.2. The minimum Gasteiger partial charge on any atom is -0.493 e. The summed E-state index contributed by atoms with van der Waals surface area (Å²) in [6.07, 6.45) is 7.04. The Bertz CT molecular complexity index is 4040. The highest BCUT2D eigenvalue weighted by molar-refractivity contribution is 7.89. The van der Waals surface area contributed by atoms with E-state index in [0.29, 0.717) is 74.5 Å². The van der Waals surface area contributed by atoms with Crippen LogP contribution in [0.1, 0.15) is 92.5 Å². The number of carbonyl (C=O) groups excluding carboxylic acids is 2. The molecule has 0 radical (unpaired) electrons. The molecule has 7 aromatic carbocycles. The molecule has 4 heterocycles. The van der Waals surface area contributed by atoms with Crippen molar-refractivity contribution in [1.29, 1.82) is 0 Å². The number of pyridine rings is 1. The monoisotopic (exact) mass is 1250 g/mol. The quantitative estimate of drug-likeness (QED) is 0.0543. The number of rotatable bonds is 26. The molecular formula is C72H74N6O10S2. The van der Waals surface area contributed by atoms with Gasteiger partial charge in [0.25, 0.3) is 5.91 Å². The van der Waals surface area contributed by atoms with E-state index in [-0.39, 0.29) is 40.6 Å². The van der Waals surface area contributed by atoms with Crippen molar-refractivity contribution >= 4 is 43.2 Å². The zero-order chi connectivity index (χ0) is 62.5. The smallest absolute Gasteiger partial charge is 0.253 e. The zero-order valence-electron chi connectivity index (χ0n) is 50.6. The van der Waals surface area contributed by atoms with Gasteiger partial charge in [0.1, 0.15) is 23.9 Å². The Labute approximate surface area is 527 Å². The second-order valence-corrected chi connectivity index (χ2v) is 26.4. The number of amides is 2. The maximum Gasteiger partial charge on any atom is 0.253 e. The first-order chi connectivity index (χ1) is 43.7. The molecule has 0 spiro atoms. The minimum absolute atomic E-state index is 0.0377. The standard InChI is InChI=1S/C72H74N6O10S2/c1-53(57-28-34-65(35-29-57)89(81,82)74-71(59-16-4-3-5-17-59)67-20-8-9-39-73-67)22-23-55-24-25-61(69(48-55)76-41-45-85-46-42-76)49-75(2)72(80)60-26-30-63(31-27-60)88-52-56-14-10-13-54(47-56)38-44-87-62-32-36-66(37-33-62)90(83,84)77(50-64-19-12-43-86-64)51-70(79)78-40-11-18-58-15-6-7-21-68(58)78/h3-10,12-17,19-21,24-37,39,43,47-48,53,71,74H,11,18,22-23,38,40-42,44-46,49-52H2,1-2H3. The van der Waals surface area contributed by atoms with E-state index in [0.717, 1.165) is 83.5 Å². The van der Waals surface area contributed by atoms with Crippen molar-refractivity contribution in [3.63, 3.8) is 0 Å². The molecule has 2 aromatic heterocycles. The van der Waals surface area contributed by atoms with Crippen LogP contribution in [0.5, 0.6) is 11.5 Å². The van der Waals surface area contributed by atoms with Crippen molar-refractivity contribution in [2.24, 2.45) is 0 Å². The van der Waals surface area contributed by atoms with Gasteiger partial charge in [0.2, 0.25) is 26.0 Å². The molecule has 11 rings (SSSR count). The number of nitrogens with zero attached hydrogens (tertiary/aromatic N) is 5. The van der Waals surface area contributed by atoms with Gasteiger partial charge in [0.05, 0.1) is 60.7 Å². The third kappa shape index (κ3) is 15.7. The largest absolute Gasteiger partial charge is 0.493 e. The second-order valence-electron chi connectivity index (χ2n) is 22.8. The van der Waals surface area contributed by atoms with E-state index in [2.05, 4.69) is 45.8 Å². The Kier molecular flexibility index (Phi) is 20.3. The van der Waals surface area contributed by atoms with Crippen LogP contribution in [0, 0.1) is 0 Å². The Morgan fingerprint density at radius 2 is 1.37 bits per heavy atom. The van der Waals surface area contributed by atoms with Crippen molar-refractivity contribution in [2.45, 2.75) is 80.5 Å². The van der Waals surface area contributed by atoms with Crippen molar-refractivity contribution in [3.05, 3.63) is 269 Å². The normalized spacial score (nSPS) is 14.2. The fourth-order valence-corrected chi connectivity index (χ4v) is 14.0. The lowest BCUT2D eigenvalue weighted by Gasteiger charge is -2.32. The van der Waals surface area contributed by atoms with Gasteiger partial charge in [-0.1, -0.05) is 110 Å². The van der Waals surface area contributed by atoms with Crippen LogP contribution in [0.25, 0.3) is 0 Å². The highest BCUT2D eigenvalue weighted by Gasteiger charge is 2.32. The zero-order valence-corrected chi connectivity index (χ0v) is 52.2. The Morgan fingerprint density at radius 1 is 0.656 bits per heavy atom. The number of aryl methyl sites for hydroxylation is 2. The number of sulfonamides is 2. The molecule has 0 bridgehead atoms. The summed E-state index contributed by atoms with van der Waals surface area (Å²) in [7, 11) is -6.19. The summed E-state index contributed by atoms with van der Waals surface area (Å²) in [5.41, 5.74) is 10.2. The van der Waals surface area contributed by atoms with Gasteiger partial charge in [-0.05, 0) is 168 Å². The minimum atomic E-state index is -4.12. The van der Waals surface area contributed by atoms with Crippen molar-refractivity contribution in [1.82, 2.24) is 18.9 Å². The molecule has 2 aliphatic heterocycles. The van der Waals surface area contributed by atoms with Crippen LogP contribution in [0.15, 0.2) is 227 Å². The highest BCUT2D eigenvalue weighted by atomic mass is 32.2. The Morgan fingerprint density at radius 3 is 2.12 bits per heavy atom. The number of para-hydroxylation sites is 1. The number of furan rings is 1. The van der Waals surface area contributed by atoms with Gasteiger partial charge in [-0.25, -0.2) is 16.8 Å². The molecule has 2 amide bonds. The summed E-state index contributed by atoms with van der Waals surface area (Å²) in [4.78, 5) is 38.2. The van der Waals surface area contributed by atoms with Crippen molar-refractivity contribution in [3.8, 4) is 11.5 Å². The van der Waals surface area contributed by atoms with Gasteiger partial charge < -0.3 is 33.3 Å². The Hall–Kier alpha value is -8.91. The molecule has 18 heteroatoms. The molecule has 16 nitrogen and oxygen atoms in total. The molecule has 90 heavy (non-hydrogen) atoms. The number of fused-ring (bicyclic) bond motifs is 1. The number of hydrogen-bond donors (Lipinski definition) is 1. The molecule has 0 aliphatic carbocycles. The summed E-state index contributed by atoms with van der Waals surface area (Å²) < 4.78 is 83.4. The highest BCUT2D eigenvalue weighted by Crippen LogP contribution is 2.32. The first-order valence-electron chi connectivity index (χ1n) is 30.5. The summed E-state index contributed by atoms with van der Waals surface area (Å²) in [6.45, 7) is 6.01. The van der Waals surface area contributed by atoms with Crippen LogP contribution < -0.4 is 24.0 Å². The van der Waals surface area contributed by atoms with Gasteiger partial charge in [-0.2, -0.15) is 9.03 Å². The molecule has 1 N–H and O–H groups in total. The summed E-state index contributed by atoms with van der Waals surface area (Å²) in [6, 6.07) is 60.6. The molecule has 464 valence electrons. The third-order valence-corrected chi connectivity index (χ3v) is 19.8. The fourth-order valence-electron chi connectivity index (χ4n) is 11.5. The Balaban J connectivity index is 0.652. The van der Waals surface area contributed by atoms with Crippen molar-refractivity contribution in [2.75, 3.05) is 62.8 Å². The molecular weight excluding hydrogens is 1170 g/mol. The van der Waals surface area contributed by atoms with Gasteiger partial charge in [-0.15, -0.1) is 0 Å². The van der Waals surface area contributed by atoms with Crippen LogP contribution in [0.3, 0.4) is 0 Å². The summed E-state index contributed by atoms with van der Waals surface area (Å²) in [5, 5.41) is 0. The predicted molar refractivity (Wildman–Crippen MR) is 348 cm³/mol. The van der Waals surface area contributed by atoms with E-state index in [1.165, 1.54) is 28.3 Å². The lowest BCUT2D eigenvalue weighted by Crippen LogP contribution is -2.44. The van der Waals surface area contributed by atoms with Gasteiger partial charge in [0.15, 0.2) is 0 Å². The van der Waals surface area contributed by atoms with E-state index in [9.17, 15) is 26.4 Å². The van der Waals surface area contributed by atoms with E-state index in [4.69, 9.17) is 18.6 Å². The number of hydrogen-bond acceptors (Lipinski definition) is 12. The lowest BCUT2D eigenvalue weighted by atomic mass is 9.93. The summed E-state index contributed by atoms with van der Waals surface area (Å²) in [5.74, 6) is 1.30. The van der Waals surface area contributed by atoms with Crippen LogP contribution >= 0.6 is 0 Å². The van der Waals surface area contributed by atoms with Gasteiger partial charge >= 0.3 is 0 Å². The molecule has 2 aliphatic rings. The van der Waals surface area contributed by atoms with Crippen LogP contribution in [-0.2, 0) is 68.5 Å². The SMILES string of the molecule is CC(CCc1ccc(CN(C)C(=O)c2ccc(OCc3cccc(CCOc4ccc(S(=O)(=O)N(CC(=O)N5CCCc6ccccc65)Cc5ccco5)cc4)c3)cc2)c(N2CCOCC2)c1)c1ccc(S(=O)(=O)NC(c2ccccc2)c2ccccn2)cc1. The molecule has 2 unspecified atom stereocenters. The van der Waals surface area contributed by atoms with E-state index in [1.54, 1.807) is 70.6 Å². The molecule has 9 aromatic rings. The number of anilines is 2. The lowest BCUT2D eigenvalue weighted by molar-refractivity contribution is -0.119. The topological polar surface area (TPSA) is 181 Å². The maximum atomic E-state index is 14.1. The van der Waals surface area contributed by atoms with E-state index < -0.39 is 26.1 Å². The third-order valence-electron chi connectivity index (χ3n) is 16.5. The predicted octanol–water partition coefficient (Wildman–Crippen LogP) is 12.0. The number of nitrogens with one attached hydrogen (secondary N) is 1. The molecule has 1 fully saturated rings. The van der Waals surface area contributed by atoms with E-state index >= 15 is 0 Å². The van der Waals surface area contributed by atoms with Crippen LogP contribution in [0.2, 0.25) is 0 Å². The average Bonchev–Trinajstić information content (AvgIpc) is 1.16. The van der Waals surface area contributed by atoms with Gasteiger partial charge in [-0.3, -0.25) is 14.6 Å². The molecule has 1 saturated heterocycles. The van der Waals surface area contributed by atoms with Crippen LogP contribution in [-0.4, -0.2) is 95.9 Å². The number of morpholine rings is 1. The van der Waals surface area contributed by atoms with Crippen LogP contribution in [0.4, 0.5) is 11.4 Å². The number of carbonyl (C=O) groups is 2. The first-order valence-corrected chi connectivity index (χ1v) is 33.4. The first kappa shape index (κ1) is 62.7. The fraction of sp³-hybridized carbons (Fsp3) is 0.264. The number of benzene rings is 7. The average molecular weight is 1250 g/mol. The molecule has 0 saturated carbocycles.